The zero-order chi connectivity index (χ0) is 13.7. The minimum atomic E-state index is 0.0735. The smallest absolute Gasteiger partial charge is 0.254 e. The van der Waals surface area contributed by atoms with Crippen LogP contribution in [0.3, 0.4) is 0 Å². The molecule has 1 rings (SSSR count). The summed E-state index contributed by atoms with van der Waals surface area (Å²) in [6.45, 7) is 3.76. The second kappa shape index (κ2) is 6.90. The molecule has 0 saturated carbocycles. The maximum absolute atomic E-state index is 12.3. The first kappa shape index (κ1) is 15.2. The number of amides is 1. The highest BCUT2D eigenvalue weighted by Gasteiger charge is 2.14. The van der Waals surface area contributed by atoms with Crippen molar-refractivity contribution in [3.8, 4) is 0 Å². The van der Waals surface area contributed by atoms with Gasteiger partial charge in [0, 0.05) is 18.1 Å². The predicted octanol–water partition coefficient (Wildman–Crippen LogP) is 2.78. The minimum Gasteiger partial charge on any atom is -0.342 e. The molecule has 0 atom stereocenters. The van der Waals surface area contributed by atoms with Crippen molar-refractivity contribution in [2.45, 2.75) is 13.3 Å². The van der Waals surface area contributed by atoms with Crippen LogP contribution in [0, 0.1) is 6.92 Å². The van der Waals surface area contributed by atoms with Crippen LogP contribution in [0.1, 0.15) is 22.3 Å². The molecule has 0 aliphatic rings. The number of carbonyl (C=O) groups excluding carboxylic acids is 1. The highest BCUT2D eigenvalue weighted by molar-refractivity contribution is 9.10. The van der Waals surface area contributed by atoms with Crippen molar-refractivity contribution in [3.63, 3.8) is 0 Å². The van der Waals surface area contributed by atoms with Gasteiger partial charge < -0.3 is 9.80 Å². The number of hydrogen-bond acceptors (Lipinski definition) is 2. The van der Waals surface area contributed by atoms with Crippen molar-refractivity contribution in [3.05, 3.63) is 33.8 Å². The maximum Gasteiger partial charge on any atom is 0.254 e. The Labute approximate surface area is 118 Å². The van der Waals surface area contributed by atoms with Gasteiger partial charge in [-0.05, 0) is 62.0 Å². The summed E-state index contributed by atoms with van der Waals surface area (Å²) < 4.78 is 0.859. The number of benzene rings is 1. The van der Waals surface area contributed by atoms with E-state index in [1.165, 1.54) is 0 Å². The molecule has 0 aliphatic carbocycles. The SMILES string of the molecule is Cc1ccc(Br)c(C(=O)N(C)CCCN(C)C)c1. The number of aryl methyl sites for hydroxylation is 1. The van der Waals surface area contributed by atoms with Crippen LogP contribution in [0.25, 0.3) is 0 Å². The quantitative estimate of drug-likeness (QED) is 0.834. The Balaban J connectivity index is 2.65. The van der Waals surface area contributed by atoms with Crippen LogP contribution >= 0.6 is 15.9 Å². The Kier molecular flexibility index (Phi) is 5.82. The first-order valence-corrected chi connectivity index (χ1v) is 6.87. The average molecular weight is 313 g/mol. The van der Waals surface area contributed by atoms with E-state index in [1.54, 1.807) is 4.90 Å². The molecule has 18 heavy (non-hydrogen) atoms. The highest BCUT2D eigenvalue weighted by atomic mass is 79.9. The lowest BCUT2D eigenvalue weighted by Gasteiger charge is -2.19. The molecular formula is C14H21BrN2O. The van der Waals surface area contributed by atoms with Crippen LogP contribution in [0.2, 0.25) is 0 Å². The molecule has 4 heteroatoms. The maximum atomic E-state index is 12.3. The van der Waals surface area contributed by atoms with Gasteiger partial charge in [-0.2, -0.15) is 0 Å². The molecule has 0 fully saturated rings. The fraction of sp³-hybridized carbons (Fsp3) is 0.500. The molecule has 0 aliphatic heterocycles. The Morgan fingerprint density at radius 3 is 2.50 bits per heavy atom. The summed E-state index contributed by atoms with van der Waals surface area (Å²) in [5.41, 5.74) is 1.84. The van der Waals surface area contributed by atoms with E-state index in [0.29, 0.717) is 0 Å². The first-order chi connectivity index (χ1) is 8.41. The standard InChI is InChI=1S/C14H21BrN2O/c1-11-6-7-13(15)12(10-11)14(18)17(4)9-5-8-16(2)3/h6-7,10H,5,8-9H2,1-4H3. The topological polar surface area (TPSA) is 23.6 Å². The van der Waals surface area contributed by atoms with E-state index in [-0.39, 0.29) is 5.91 Å². The molecule has 0 heterocycles. The minimum absolute atomic E-state index is 0.0735. The normalized spacial score (nSPS) is 10.8. The van der Waals surface area contributed by atoms with Crippen LogP contribution in [-0.2, 0) is 0 Å². The number of hydrogen-bond donors (Lipinski definition) is 0. The molecule has 0 radical (unpaired) electrons. The van der Waals surface area contributed by atoms with Gasteiger partial charge in [0.05, 0.1) is 5.56 Å². The number of carbonyl (C=O) groups is 1. The molecule has 100 valence electrons. The second-order valence-corrected chi connectivity index (χ2v) is 5.72. The van der Waals surface area contributed by atoms with E-state index in [1.807, 2.05) is 46.3 Å². The number of nitrogens with zero attached hydrogens (tertiary/aromatic N) is 2. The summed E-state index contributed by atoms with van der Waals surface area (Å²) in [4.78, 5) is 16.2. The third-order valence-electron chi connectivity index (χ3n) is 2.80. The lowest BCUT2D eigenvalue weighted by Crippen LogP contribution is -2.30. The number of rotatable bonds is 5. The molecule has 0 N–H and O–H groups in total. The zero-order valence-electron chi connectivity index (χ0n) is 11.5. The van der Waals surface area contributed by atoms with Crippen LogP contribution in [0.4, 0.5) is 0 Å². The van der Waals surface area contributed by atoms with E-state index >= 15 is 0 Å². The summed E-state index contributed by atoms with van der Waals surface area (Å²) in [5.74, 6) is 0.0735. The van der Waals surface area contributed by atoms with Crippen molar-refractivity contribution < 1.29 is 4.79 Å². The molecule has 0 saturated heterocycles. The molecular weight excluding hydrogens is 292 g/mol. The molecule has 0 unspecified atom stereocenters. The van der Waals surface area contributed by atoms with Gasteiger partial charge in [-0.1, -0.05) is 11.6 Å². The number of halogens is 1. The van der Waals surface area contributed by atoms with E-state index in [4.69, 9.17) is 0 Å². The Bertz CT molecular complexity index is 418. The molecule has 1 aromatic carbocycles. The Morgan fingerprint density at radius 2 is 1.89 bits per heavy atom. The fourth-order valence-electron chi connectivity index (χ4n) is 1.73. The lowest BCUT2D eigenvalue weighted by atomic mass is 10.1. The van der Waals surface area contributed by atoms with Gasteiger partial charge >= 0.3 is 0 Å². The van der Waals surface area contributed by atoms with Gasteiger partial charge in [0.25, 0.3) is 5.91 Å². The van der Waals surface area contributed by atoms with E-state index < -0.39 is 0 Å². The zero-order valence-corrected chi connectivity index (χ0v) is 13.1. The average Bonchev–Trinajstić information content (AvgIpc) is 2.30. The molecule has 0 spiro atoms. The van der Waals surface area contributed by atoms with Crippen molar-refractivity contribution in [1.29, 1.82) is 0 Å². The molecule has 1 aromatic rings. The third-order valence-corrected chi connectivity index (χ3v) is 3.49. The third kappa shape index (κ3) is 4.42. The van der Waals surface area contributed by atoms with E-state index in [0.717, 1.165) is 35.1 Å². The van der Waals surface area contributed by atoms with Crippen molar-refractivity contribution >= 4 is 21.8 Å². The first-order valence-electron chi connectivity index (χ1n) is 6.08. The van der Waals surface area contributed by atoms with Gasteiger partial charge in [0.2, 0.25) is 0 Å². The Hall–Kier alpha value is -0.870. The predicted molar refractivity (Wildman–Crippen MR) is 79.0 cm³/mol. The van der Waals surface area contributed by atoms with Gasteiger partial charge in [-0.15, -0.1) is 0 Å². The van der Waals surface area contributed by atoms with E-state index in [9.17, 15) is 4.79 Å². The highest BCUT2D eigenvalue weighted by Crippen LogP contribution is 2.19. The van der Waals surface area contributed by atoms with E-state index in [2.05, 4.69) is 20.8 Å². The Morgan fingerprint density at radius 1 is 1.22 bits per heavy atom. The lowest BCUT2D eigenvalue weighted by molar-refractivity contribution is 0.0789. The summed E-state index contributed by atoms with van der Waals surface area (Å²) in [5, 5.41) is 0. The molecule has 0 aromatic heterocycles. The second-order valence-electron chi connectivity index (χ2n) is 4.87. The van der Waals surface area contributed by atoms with Crippen LogP contribution in [0.5, 0.6) is 0 Å². The van der Waals surface area contributed by atoms with Gasteiger partial charge in [-0.3, -0.25) is 4.79 Å². The van der Waals surface area contributed by atoms with Crippen LogP contribution in [-0.4, -0.2) is 49.9 Å². The van der Waals surface area contributed by atoms with Gasteiger partial charge in [-0.25, -0.2) is 0 Å². The monoisotopic (exact) mass is 312 g/mol. The summed E-state index contributed by atoms with van der Waals surface area (Å²) in [6, 6.07) is 5.85. The van der Waals surface area contributed by atoms with Crippen molar-refractivity contribution in [2.75, 3.05) is 34.2 Å². The molecule has 1 amide bonds. The van der Waals surface area contributed by atoms with Crippen molar-refractivity contribution in [2.24, 2.45) is 0 Å². The molecule has 3 nitrogen and oxygen atoms in total. The summed E-state index contributed by atoms with van der Waals surface area (Å²) >= 11 is 3.44. The fourth-order valence-corrected chi connectivity index (χ4v) is 2.15. The summed E-state index contributed by atoms with van der Waals surface area (Å²) in [6.07, 6.45) is 0.985. The van der Waals surface area contributed by atoms with Crippen LogP contribution in [0.15, 0.2) is 22.7 Å². The summed E-state index contributed by atoms with van der Waals surface area (Å²) in [7, 11) is 5.94. The molecule has 0 bridgehead atoms. The van der Waals surface area contributed by atoms with Crippen molar-refractivity contribution in [1.82, 2.24) is 9.80 Å². The van der Waals surface area contributed by atoms with Gasteiger partial charge in [0.15, 0.2) is 0 Å². The largest absolute Gasteiger partial charge is 0.342 e. The van der Waals surface area contributed by atoms with Gasteiger partial charge in [0.1, 0.15) is 0 Å². The van der Waals surface area contributed by atoms with Crippen LogP contribution < -0.4 is 0 Å².